The van der Waals surface area contributed by atoms with Crippen molar-refractivity contribution in [2.24, 2.45) is 0 Å². The molecule has 32 heavy (non-hydrogen) atoms. The van der Waals surface area contributed by atoms with Crippen LogP contribution in [0, 0.1) is 13.8 Å². The molecule has 0 aliphatic carbocycles. The molecule has 0 saturated carbocycles. The number of amides is 1. The maximum atomic E-state index is 12.6. The fraction of sp³-hybridized carbons (Fsp3) is 0.240. The summed E-state index contributed by atoms with van der Waals surface area (Å²) in [7, 11) is -3.50. The molecule has 0 fully saturated rings. The van der Waals surface area contributed by atoms with Gasteiger partial charge in [0.1, 0.15) is 5.75 Å². The molecule has 0 saturated heterocycles. The summed E-state index contributed by atoms with van der Waals surface area (Å²) in [5, 5.41) is 2.94. The van der Waals surface area contributed by atoms with E-state index in [9.17, 15) is 13.2 Å². The van der Waals surface area contributed by atoms with Crippen LogP contribution in [0.25, 0.3) is 0 Å². The van der Waals surface area contributed by atoms with Crippen molar-refractivity contribution in [2.45, 2.75) is 27.3 Å². The summed E-state index contributed by atoms with van der Waals surface area (Å²) in [4.78, 5) is 12.6. The quantitative estimate of drug-likeness (QED) is 0.526. The van der Waals surface area contributed by atoms with Gasteiger partial charge in [-0.2, -0.15) is 0 Å². The van der Waals surface area contributed by atoms with Crippen molar-refractivity contribution < 1.29 is 17.9 Å². The fourth-order valence-corrected chi connectivity index (χ4v) is 4.17. The van der Waals surface area contributed by atoms with Gasteiger partial charge in [0.25, 0.3) is 5.91 Å². The fourth-order valence-electron chi connectivity index (χ4n) is 3.28. The summed E-state index contributed by atoms with van der Waals surface area (Å²) >= 11 is 0. The van der Waals surface area contributed by atoms with Crippen molar-refractivity contribution >= 4 is 27.3 Å². The minimum atomic E-state index is -3.50. The number of ether oxygens (including phenoxy) is 1. The molecule has 6 nitrogen and oxygen atoms in total. The largest absolute Gasteiger partial charge is 0.494 e. The lowest BCUT2D eigenvalue weighted by molar-refractivity contribution is 0.102. The van der Waals surface area contributed by atoms with E-state index in [1.54, 1.807) is 48.5 Å². The maximum absolute atomic E-state index is 12.6. The number of carbonyl (C=O) groups excluding carboxylic acids is 1. The van der Waals surface area contributed by atoms with Crippen LogP contribution in [-0.2, 0) is 16.6 Å². The number of nitrogens with zero attached hydrogens (tertiary/aromatic N) is 1. The van der Waals surface area contributed by atoms with E-state index in [0.717, 1.165) is 22.4 Å². The van der Waals surface area contributed by atoms with Crippen LogP contribution in [-0.4, -0.2) is 27.2 Å². The molecule has 0 radical (unpaired) electrons. The minimum Gasteiger partial charge on any atom is -0.494 e. The van der Waals surface area contributed by atoms with Crippen LogP contribution in [0.3, 0.4) is 0 Å². The van der Waals surface area contributed by atoms with Crippen LogP contribution in [0.1, 0.15) is 34.0 Å². The van der Waals surface area contributed by atoms with Crippen molar-refractivity contribution in [3.05, 3.63) is 89.0 Å². The Morgan fingerprint density at radius 3 is 2.22 bits per heavy atom. The van der Waals surface area contributed by atoms with Crippen molar-refractivity contribution in [3.8, 4) is 5.75 Å². The zero-order valence-electron chi connectivity index (χ0n) is 18.8. The van der Waals surface area contributed by atoms with Crippen molar-refractivity contribution in [1.82, 2.24) is 0 Å². The molecule has 3 aromatic carbocycles. The van der Waals surface area contributed by atoms with Crippen LogP contribution >= 0.6 is 0 Å². The molecule has 0 spiro atoms. The molecular weight excluding hydrogens is 424 g/mol. The van der Waals surface area contributed by atoms with E-state index in [4.69, 9.17) is 4.74 Å². The lowest BCUT2D eigenvalue weighted by Gasteiger charge is -2.23. The number of hydrogen-bond donors (Lipinski definition) is 1. The van der Waals surface area contributed by atoms with Gasteiger partial charge < -0.3 is 10.1 Å². The van der Waals surface area contributed by atoms with E-state index >= 15 is 0 Å². The Balaban J connectivity index is 1.76. The first-order valence-electron chi connectivity index (χ1n) is 10.4. The van der Waals surface area contributed by atoms with E-state index in [1.165, 1.54) is 10.6 Å². The zero-order valence-corrected chi connectivity index (χ0v) is 19.6. The molecule has 7 heteroatoms. The monoisotopic (exact) mass is 452 g/mol. The highest BCUT2D eigenvalue weighted by Crippen LogP contribution is 2.24. The Labute approximate surface area is 189 Å². The van der Waals surface area contributed by atoms with Gasteiger partial charge in [0.2, 0.25) is 10.0 Å². The lowest BCUT2D eigenvalue weighted by Crippen LogP contribution is -2.29. The number of aryl methyl sites for hydroxylation is 1. The van der Waals surface area contributed by atoms with Crippen LogP contribution in [0.4, 0.5) is 11.4 Å². The summed E-state index contributed by atoms with van der Waals surface area (Å²) in [5.74, 6) is 0.473. The van der Waals surface area contributed by atoms with Gasteiger partial charge in [-0.05, 0) is 79.9 Å². The van der Waals surface area contributed by atoms with Gasteiger partial charge in [-0.25, -0.2) is 8.42 Å². The number of anilines is 2. The first-order chi connectivity index (χ1) is 15.2. The van der Waals surface area contributed by atoms with E-state index in [-0.39, 0.29) is 12.5 Å². The average molecular weight is 453 g/mol. The van der Waals surface area contributed by atoms with E-state index in [0.29, 0.717) is 23.6 Å². The molecule has 1 amide bonds. The molecular formula is C25H28N2O4S. The topological polar surface area (TPSA) is 75.7 Å². The SMILES string of the molecule is CCOc1ccc(N(Cc2ccc(C(=O)Nc3cccc(C)c3C)cc2)S(C)(=O)=O)cc1. The van der Waals surface area contributed by atoms with Crippen molar-refractivity contribution in [3.63, 3.8) is 0 Å². The third-order valence-electron chi connectivity index (χ3n) is 5.23. The highest BCUT2D eigenvalue weighted by Gasteiger charge is 2.18. The molecule has 0 unspecified atom stereocenters. The first kappa shape index (κ1) is 23.3. The van der Waals surface area contributed by atoms with Crippen molar-refractivity contribution in [1.29, 1.82) is 0 Å². The van der Waals surface area contributed by atoms with E-state index < -0.39 is 10.0 Å². The van der Waals surface area contributed by atoms with Crippen LogP contribution in [0.15, 0.2) is 66.7 Å². The highest BCUT2D eigenvalue weighted by atomic mass is 32.2. The van der Waals surface area contributed by atoms with E-state index in [2.05, 4.69) is 5.32 Å². The molecule has 0 aliphatic rings. The number of benzene rings is 3. The summed E-state index contributed by atoms with van der Waals surface area (Å²) < 4.78 is 31.6. The zero-order chi connectivity index (χ0) is 23.3. The number of carbonyl (C=O) groups is 1. The number of rotatable bonds is 8. The molecule has 1 N–H and O–H groups in total. The average Bonchev–Trinajstić information content (AvgIpc) is 2.76. The normalized spacial score (nSPS) is 11.1. The minimum absolute atomic E-state index is 0.158. The van der Waals surface area contributed by atoms with Crippen LogP contribution in [0.2, 0.25) is 0 Å². The number of sulfonamides is 1. The standard InChI is InChI=1S/C25H28N2O4S/c1-5-31-23-15-13-22(14-16-23)27(32(4,29)30)17-20-9-11-21(12-10-20)25(28)26-24-8-6-7-18(2)19(24)3/h6-16H,5,17H2,1-4H3,(H,26,28). The van der Waals surface area contributed by atoms with Gasteiger partial charge in [-0.15, -0.1) is 0 Å². The predicted octanol–water partition coefficient (Wildman–Crippen LogP) is 4.92. The third-order valence-corrected chi connectivity index (χ3v) is 6.37. The summed E-state index contributed by atoms with van der Waals surface area (Å²) in [6.45, 7) is 6.55. The van der Waals surface area contributed by atoms with Gasteiger partial charge in [0.05, 0.1) is 25.1 Å². The summed E-state index contributed by atoms with van der Waals surface area (Å²) in [6, 6.07) is 19.7. The van der Waals surface area contributed by atoms with Gasteiger partial charge in [-0.3, -0.25) is 9.10 Å². The Kier molecular flexibility index (Phi) is 7.20. The second kappa shape index (κ2) is 9.87. The maximum Gasteiger partial charge on any atom is 0.255 e. The van der Waals surface area contributed by atoms with Gasteiger partial charge >= 0.3 is 0 Å². The number of hydrogen-bond acceptors (Lipinski definition) is 4. The Morgan fingerprint density at radius 1 is 0.969 bits per heavy atom. The first-order valence-corrected chi connectivity index (χ1v) is 12.2. The lowest BCUT2D eigenvalue weighted by atomic mass is 10.1. The molecule has 0 atom stereocenters. The van der Waals surface area contributed by atoms with Crippen LogP contribution < -0.4 is 14.4 Å². The molecule has 168 valence electrons. The Bertz CT molecular complexity index is 1190. The third kappa shape index (κ3) is 5.68. The highest BCUT2D eigenvalue weighted by molar-refractivity contribution is 7.92. The molecule has 0 heterocycles. The van der Waals surface area contributed by atoms with Crippen LogP contribution in [0.5, 0.6) is 5.75 Å². The Hall–Kier alpha value is -3.32. The van der Waals surface area contributed by atoms with Gasteiger partial charge in [-0.1, -0.05) is 24.3 Å². The smallest absolute Gasteiger partial charge is 0.255 e. The van der Waals surface area contributed by atoms with Gasteiger partial charge in [0.15, 0.2) is 0 Å². The molecule has 0 aliphatic heterocycles. The second-order valence-corrected chi connectivity index (χ2v) is 9.50. The number of nitrogens with one attached hydrogen (secondary N) is 1. The molecule has 0 bridgehead atoms. The second-order valence-electron chi connectivity index (χ2n) is 7.60. The van der Waals surface area contributed by atoms with Crippen molar-refractivity contribution in [2.75, 3.05) is 22.5 Å². The molecule has 0 aromatic heterocycles. The predicted molar refractivity (Wildman–Crippen MR) is 129 cm³/mol. The summed E-state index contributed by atoms with van der Waals surface area (Å²) in [6.07, 6.45) is 1.18. The molecule has 3 aromatic rings. The summed E-state index contributed by atoms with van der Waals surface area (Å²) in [5.41, 5.74) is 4.73. The Morgan fingerprint density at radius 2 is 1.62 bits per heavy atom. The van der Waals surface area contributed by atoms with Gasteiger partial charge in [0, 0.05) is 11.3 Å². The van der Waals surface area contributed by atoms with E-state index in [1.807, 2.05) is 39.0 Å². The molecule has 3 rings (SSSR count).